The number of aryl methyl sites for hydroxylation is 2. The fourth-order valence-electron chi connectivity index (χ4n) is 5.98. The summed E-state index contributed by atoms with van der Waals surface area (Å²) in [5, 5.41) is 12.3. The van der Waals surface area contributed by atoms with Crippen LogP contribution in [0.25, 0.3) is 10.9 Å². The van der Waals surface area contributed by atoms with Gasteiger partial charge in [-0.15, -0.1) is 0 Å². The van der Waals surface area contributed by atoms with E-state index in [0.29, 0.717) is 31.4 Å². The van der Waals surface area contributed by atoms with Gasteiger partial charge in [-0.1, -0.05) is 47.5 Å². The van der Waals surface area contributed by atoms with Crippen molar-refractivity contribution in [1.29, 1.82) is 0 Å². The fraction of sp³-hybridized carbons (Fsp3) is 0.290. The number of nitrogens with zero attached hydrogens (tertiary/aromatic N) is 3. The molecule has 0 unspecified atom stereocenters. The first-order valence-corrected chi connectivity index (χ1v) is 13.0. The van der Waals surface area contributed by atoms with E-state index in [0.717, 1.165) is 39.6 Å². The lowest BCUT2D eigenvalue weighted by Gasteiger charge is -2.50. The van der Waals surface area contributed by atoms with Gasteiger partial charge in [-0.25, -0.2) is 0 Å². The molecule has 0 radical (unpaired) electrons. The third-order valence-electron chi connectivity index (χ3n) is 7.59. The molecule has 2 heterocycles. The number of rotatable bonds is 6. The van der Waals surface area contributed by atoms with E-state index in [-0.39, 0.29) is 17.6 Å². The normalized spacial score (nSPS) is 19.4. The summed E-state index contributed by atoms with van der Waals surface area (Å²) in [7, 11) is 0. The number of nitrogens with two attached hydrogens (primary N) is 1. The molecular formula is C31H32N4O3. The lowest BCUT2D eigenvalue weighted by molar-refractivity contribution is -0.384. The zero-order valence-corrected chi connectivity index (χ0v) is 21.8. The molecule has 7 nitrogen and oxygen atoms in total. The number of carbonyl (C=O) groups excluding carboxylic acids is 1. The predicted molar refractivity (Wildman–Crippen MR) is 149 cm³/mol. The first kappa shape index (κ1) is 25.5. The van der Waals surface area contributed by atoms with Crippen LogP contribution in [-0.4, -0.2) is 38.8 Å². The molecule has 0 spiro atoms. The van der Waals surface area contributed by atoms with E-state index in [1.165, 1.54) is 12.1 Å². The second kappa shape index (κ2) is 10.3. The van der Waals surface area contributed by atoms with Gasteiger partial charge in [0, 0.05) is 41.9 Å². The summed E-state index contributed by atoms with van der Waals surface area (Å²) in [6.45, 7) is 4.55. The van der Waals surface area contributed by atoms with Crippen molar-refractivity contribution < 1.29 is 9.72 Å². The van der Waals surface area contributed by atoms with Crippen molar-refractivity contribution in [2.24, 2.45) is 5.73 Å². The van der Waals surface area contributed by atoms with Crippen molar-refractivity contribution in [3.05, 3.63) is 117 Å². The van der Waals surface area contributed by atoms with Crippen LogP contribution in [0.15, 0.2) is 79.0 Å². The third kappa shape index (κ3) is 5.15. The molecule has 2 N–H and O–H groups in total. The van der Waals surface area contributed by atoms with Crippen molar-refractivity contribution >= 4 is 22.5 Å². The number of nitro benzene ring substituents is 1. The maximum absolute atomic E-state index is 14.2. The quantitative estimate of drug-likeness (QED) is 0.272. The number of aromatic nitrogens is 1. The molecule has 38 heavy (non-hydrogen) atoms. The van der Waals surface area contributed by atoms with Gasteiger partial charge in [-0.2, -0.15) is 0 Å². The number of non-ortho nitro benzene ring substituents is 1. The minimum atomic E-state index is -0.618. The Kier molecular flexibility index (Phi) is 6.95. The highest BCUT2D eigenvalue weighted by molar-refractivity contribution is 5.95. The minimum absolute atomic E-state index is 0.0102. The molecule has 5 rings (SSSR count). The molecule has 7 heteroatoms. The first-order valence-electron chi connectivity index (χ1n) is 13.0. The Morgan fingerprint density at radius 2 is 1.76 bits per heavy atom. The van der Waals surface area contributed by atoms with Crippen molar-refractivity contribution in [3.8, 4) is 0 Å². The number of benzene rings is 3. The van der Waals surface area contributed by atoms with Crippen LogP contribution in [0.3, 0.4) is 0 Å². The van der Waals surface area contributed by atoms with Gasteiger partial charge in [0.2, 0.25) is 0 Å². The van der Waals surface area contributed by atoms with Crippen LogP contribution in [-0.2, 0) is 12.8 Å². The average Bonchev–Trinajstić information content (AvgIpc) is 2.88. The Bertz CT molecular complexity index is 1480. The molecule has 0 saturated carbocycles. The van der Waals surface area contributed by atoms with Gasteiger partial charge in [0.1, 0.15) is 0 Å². The summed E-state index contributed by atoms with van der Waals surface area (Å²) < 4.78 is 0. The van der Waals surface area contributed by atoms with E-state index in [2.05, 4.69) is 17.1 Å². The van der Waals surface area contributed by atoms with Gasteiger partial charge in [-0.05, 0) is 74.9 Å². The Hall–Kier alpha value is -4.10. The minimum Gasteiger partial charge on any atom is -0.332 e. The van der Waals surface area contributed by atoms with Crippen molar-refractivity contribution in [2.45, 2.75) is 51.1 Å². The number of hydrogen-bond donors (Lipinski definition) is 1. The summed E-state index contributed by atoms with van der Waals surface area (Å²) in [4.78, 5) is 31.6. The molecule has 1 aliphatic heterocycles. The summed E-state index contributed by atoms with van der Waals surface area (Å²) >= 11 is 0. The SMILES string of the molecule is Cc1cc(C)cc(C(=O)N2CC[C@H](N)C[C@@]2(Cc2ccc([N+](=O)[O-])cc2)Cc2ccnc3ccccc23)c1. The molecule has 1 amide bonds. The summed E-state index contributed by atoms with van der Waals surface area (Å²) in [6, 6.07) is 22.6. The zero-order valence-electron chi connectivity index (χ0n) is 21.8. The number of nitro groups is 1. The molecule has 194 valence electrons. The highest BCUT2D eigenvalue weighted by Crippen LogP contribution is 2.37. The maximum atomic E-state index is 14.2. The summed E-state index contributed by atoms with van der Waals surface area (Å²) in [6.07, 6.45) is 4.28. The average molecular weight is 509 g/mol. The molecule has 0 bridgehead atoms. The number of fused-ring (bicyclic) bond motifs is 1. The molecule has 1 aliphatic rings. The Balaban J connectivity index is 1.63. The van der Waals surface area contributed by atoms with Gasteiger partial charge < -0.3 is 10.6 Å². The topological polar surface area (TPSA) is 102 Å². The molecule has 4 aromatic rings. The van der Waals surface area contributed by atoms with Crippen LogP contribution >= 0.6 is 0 Å². The standard InChI is InChI=1S/C31H32N4O3/c1-21-15-22(2)17-25(16-21)30(36)34-14-12-26(32)20-31(34,18-23-7-9-27(10-8-23)35(37)38)19-24-11-13-33-29-6-4-3-5-28(24)29/h3-11,13,15-17,26H,12,14,18-20,32H2,1-2H3/t26-,31+/m0/s1. The second-order valence-corrected chi connectivity index (χ2v) is 10.6. The van der Waals surface area contributed by atoms with E-state index in [1.54, 1.807) is 12.1 Å². The Labute approximate surface area is 222 Å². The van der Waals surface area contributed by atoms with E-state index >= 15 is 0 Å². The molecule has 1 saturated heterocycles. The van der Waals surface area contributed by atoms with Crippen LogP contribution in [0.1, 0.15) is 45.5 Å². The molecule has 3 aromatic carbocycles. The summed E-state index contributed by atoms with van der Waals surface area (Å²) in [5.74, 6) is -0.0102. The predicted octanol–water partition coefficient (Wildman–Crippen LogP) is 5.55. The molecule has 1 fully saturated rings. The van der Waals surface area contributed by atoms with Gasteiger partial charge in [0.25, 0.3) is 11.6 Å². The van der Waals surface area contributed by atoms with E-state index in [4.69, 9.17) is 5.73 Å². The van der Waals surface area contributed by atoms with Gasteiger partial charge >= 0.3 is 0 Å². The van der Waals surface area contributed by atoms with Gasteiger partial charge in [0.05, 0.1) is 16.0 Å². The van der Waals surface area contributed by atoms with Crippen LogP contribution in [0.2, 0.25) is 0 Å². The first-order chi connectivity index (χ1) is 18.2. The number of amides is 1. The molecular weight excluding hydrogens is 476 g/mol. The number of carbonyl (C=O) groups is 1. The van der Waals surface area contributed by atoms with Crippen LogP contribution < -0.4 is 5.73 Å². The monoisotopic (exact) mass is 508 g/mol. The Morgan fingerprint density at radius 1 is 1.05 bits per heavy atom. The molecule has 0 aliphatic carbocycles. The Morgan fingerprint density at radius 3 is 2.47 bits per heavy atom. The largest absolute Gasteiger partial charge is 0.332 e. The van der Waals surface area contributed by atoms with E-state index in [9.17, 15) is 14.9 Å². The van der Waals surface area contributed by atoms with Gasteiger partial charge in [0.15, 0.2) is 0 Å². The number of para-hydroxylation sites is 1. The fourth-order valence-corrected chi connectivity index (χ4v) is 5.98. The van der Waals surface area contributed by atoms with Crippen LogP contribution in [0.5, 0.6) is 0 Å². The van der Waals surface area contributed by atoms with E-state index in [1.807, 2.05) is 61.3 Å². The molecule has 1 aromatic heterocycles. The van der Waals surface area contributed by atoms with Gasteiger partial charge in [-0.3, -0.25) is 19.9 Å². The third-order valence-corrected chi connectivity index (χ3v) is 7.59. The zero-order chi connectivity index (χ0) is 26.9. The van der Waals surface area contributed by atoms with E-state index < -0.39 is 10.5 Å². The van der Waals surface area contributed by atoms with Crippen molar-refractivity contribution in [3.63, 3.8) is 0 Å². The lowest BCUT2D eigenvalue weighted by atomic mass is 9.74. The number of piperidine rings is 1. The number of hydrogen-bond acceptors (Lipinski definition) is 5. The van der Waals surface area contributed by atoms with Crippen LogP contribution in [0, 0.1) is 24.0 Å². The highest BCUT2D eigenvalue weighted by atomic mass is 16.6. The summed E-state index contributed by atoms with van der Waals surface area (Å²) in [5.41, 5.74) is 11.7. The maximum Gasteiger partial charge on any atom is 0.269 e. The number of likely N-dealkylation sites (tertiary alicyclic amines) is 1. The second-order valence-electron chi connectivity index (χ2n) is 10.6. The highest BCUT2D eigenvalue weighted by Gasteiger charge is 2.44. The number of pyridine rings is 1. The smallest absolute Gasteiger partial charge is 0.269 e. The lowest BCUT2D eigenvalue weighted by Crippen LogP contribution is -2.61. The molecule has 2 atom stereocenters. The van der Waals surface area contributed by atoms with Crippen molar-refractivity contribution in [1.82, 2.24) is 9.88 Å². The van der Waals surface area contributed by atoms with Crippen molar-refractivity contribution in [2.75, 3.05) is 6.54 Å². The van der Waals surface area contributed by atoms with Crippen LogP contribution in [0.4, 0.5) is 5.69 Å².